The smallest absolute Gasteiger partial charge is 0.313 e. The maximum Gasteiger partial charge on any atom is 0.313 e. The van der Waals surface area contributed by atoms with E-state index in [1.165, 1.54) is 11.8 Å². The second kappa shape index (κ2) is 5.61. The van der Waals surface area contributed by atoms with Crippen LogP contribution < -0.4 is 5.01 Å². The average molecular weight is 297 g/mol. The molecule has 1 aliphatic heterocycles. The minimum atomic E-state index is -0.823. The van der Waals surface area contributed by atoms with Crippen molar-refractivity contribution in [2.75, 3.05) is 44.0 Å². The summed E-state index contributed by atoms with van der Waals surface area (Å²) in [6.45, 7) is 3.86. The van der Waals surface area contributed by atoms with E-state index in [2.05, 4.69) is 31.8 Å². The topological polar surface area (TPSA) is 74.5 Å². The number of carboxylic acids is 1. The van der Waals surface area contributed by atoms with Crippen molar-refractivity contribution in [3.63, 3.8) is 0 Å². The first-order chi connectivity index (χ1) is 9.65. The van der Waals surface area contributed by atoms with Crippen LogP contribution in [0.3, 0.4) is 0 Å². The summed E-state index contributed by atoms with van der Waals surface area (Å²) in [5.41, 5.74) is 0. The zero-order valence-corrected chi connectivity index (χ0v) is 12.3. The van der Waals surface area contributed by atoms with Crippen LogP contribution in [0.1, 0.15) is 24.6 Å². The van der Waals surface area contributed by atoms with Gasteiger partial charge in [-0.2, -0.15) is 0 Å². The van der Waals surface area contributed by atoms with Crippen LogP contribution >= 0.6 is 11.8 Å². The van der Waals surface area contributed by atoms with E-state index in [9.17, 15) is 4.79 Å². The summed E-state index contributed by atoms with van der Waals surface area (Å²) in [6.07, 6.45) is 2.32. The molecular weight excluding hydrogens is 278 g/mol. The Hall–Kier alpha value is -1.28. The summed E-state index contributed by atoms with van der Waals surface area (Å²) in [5.74, 6) is 0.705. The molecule has 2 aliphatic rings. The van der Waals surface area contributed by atoms with Crippen LogP contribution in [0.4, 0.5) is 0 Å². The van der Waals surface area contributed by atoms with E-state index < -0.39 is 5.97 Å². The van der Waals surface area contributed by atoms with Crippen LogP contribution in [0, 0.1) is 0 Å². The molecule has 0 aromatic carbocycles. The van der Waals surface area contributed by atoms with Gasteiger partial charge in [0.05, 0.1) is 5.75 Å². The number of piperazine rings is 1. The standard InChI is InChI=1S/C12H19N5O2S/c1-15-4-6-16(7-5-15)17-11(9-2-3-9)13-14-12(17)20-8-10(18)19/h9H,2-8H2,1H3,(H,18,19). The third kappa shape index (κ3) is 2.90. The molecule has 2 fully saturated rings. The molecule has 0 amide bonds. The predicted molar refractivity (Wildman–Crippen MR) is 75.8 cm³/mol. The molecule has 1 aliphatic carbocycles. The van der Waals surface area contributed by atoms with Crippen molar-refractivity contribution in [2.45, 2.75) is 23.9 Å². The van der Waals surface area contributed by atoms with E-state index in [4.69, 9.17) is 5.11 Å². The van der Waals surface area contributed by atoms with Crippen molar-refractivity contribution in [2.24, 2.45) is 0 Å². The Morgan fingerprint density at radius 3 is 2.60 bits per heavy atom. The monoisotopic (exact) mass is 297 g/mol. The molecular formula is C12H19N5O2S. The van der Waals surface area contributed by atoms with Gasteiger partial charge in [0.25, 0.3) is 0 Å². The van der Waals surface area contributed by atoms with Gasteiger partial charge >= 0.3 is 5.97 Å². The number of carbonyl (C=O) groups is 1. The number of likely N-dealkylation sites (N-methyl/N-ethyl adjacent to an activating group) is 1. The Morgan fingerprint density at radius 1 is 1.30 bits per heavy atom. The molecule has 1 aromatic rings. The van der Waals surface area contributed by atoms with E-state index in [-0.39, 0.29) is 5.75 Å². The normalized spacial score (nSPS) is 20.4. The minimum Gasteiger partial charge on any atom is -0.481 e. The molecule has 0 bridgehead atoms. The minimum absolute atomic E-state index is 0.0243. The first kappa shape index (κ1) is 13.7. The van der Waals surface area contributed by atoms with E-state index in [1.54, 1.807) is 0 Å². The van der Waals surface area contributed by atoms with Crippen LogP contribution in [0.2, 0.25) is 0 Å². The van der Waals surface area contributed by atoms with Crippen LogP contribution in [0.5, 0.6) is 0 Å². The molecule has 0 unspecified atom stereocenters. The highest BCUT2D eigenvalue weighted by Crippen LogP contribution is 2.40. The molecule has 1 saturated carbocycles. The third-order valence-electron chi connectivity index (χ3n) is 3.67. The fourth-order valence-corrected chi connectivity index (χ4v) is 3.03. The molecule has 3 rings (SSSR count). The zero-order chi connectivity index (χ0) is 14.1. The average Bonchev–Trinajstić information content (AvgIpc) is 3.18. The SMILES string of the molecule is CN1CCN(n2c(SCC(=O)O)nnc2C2CC2)CC1. The summed E-state index contributed by atoms with van der Waals surface area (Å²) in [7, 11) is 2.12. The van der Waals surface area contributed by atoms with Gasteiger partial charge in [0, 0.05) is 32.1 Å². The summed E-state index contributed by atoms with van der Waals surface area (Å²) in [4.78, 5) is 13.1. The van der Waals surface area contributed by atoms with Gasteiger partial charge in [-0.3, -0.25) is 4.79 Å². The number of hydrogen-bond donors (Lipinski definition) is 1. The lowest BCUT2D eigenvalue weighted by Gasteiger charge is -2.35. The maximum atomic E-state index is 10.8. The van der Waals surface area contributed by atoms with E-state index in [0.717, 1.165) is 44.8 Å². The molecule has 20 heavy (non-hydrogen) atoms. The van der Waals surface area contributed by atoms with Crippen LogP contribution in [-0.4, -0.2) is 69.8 Å². The number of nitrogens with zero attached hydrogens (tertiary/aromatic N) is 5. The van der Waals surface area contributed by atoms with Crippen LogP contribution in [-0.2, 0) is 4.79 Å². The quantitative estimate of drug-likeness (QED) is 0.779. The molecule has 0 radical (unpaired) electrons. The lowest BCUT2D eigenvalue weighted by Crippen LogP contribution is -2.50. The third-order valence-corrected chi connectivity index (χ3v) is 4.57. The van der Waals surface area contributed by atoms with Gasteiger partial charge in [-0.1, -0.05) is 11.8 Å². The number of hydrogen-bond acceptors (Lipinski definition) is 6. The fraction of sp³-hybridized carbons (Fsp3) is 0.750. The van der Waals surface area contributed by atoms with Crippen LogP contribution in [0.15, 0.2) is 5.16 Å². The number of rotatable bonds is 5. The molecule has 0 spiro atoms. The maximum absolute atomic E-state index is 10.8. The Bertz CT molecular complexity index is 494. The van der Waals surface area contributed by atoms with E-state index in [0.29, 0.717) is 11.1 Å². The van der Waals surface area contributed by atoms with Crippen molar-refractivity contribution in [3.8, 4) is 0 Å². The van der Waals surface area contributed by atoms with E-state index >= 15 is 0 Å². The molecule has 1 aromatic heterocycles. The molecule has 110 valence electrons. The van der Waals surface area contributed by atoms with Gasteiger partial charge in [0.1, 0.15) is 0 Å². The second-order valence-corrected chi connectivity index (χ2v) is 6.31. The van der Waals surface area contributed by atoms with Crippen molar-refractivity contribution < 1.29 is 9.90 Å². The zero-order valence-electron chi connectivity index (χ0n) is 11.5. The summed E-state index contributed by atoms with van der Waals surface area (Å²) >= 11 is 1.25. The van der Waals surface area contributed by atoms with E-state index in [1.807, 2.05) is 0 Å². The van der Waals surface area contributed by atoms with Crippen molar-refractivity contribution in [3.05, 3.63) is 5.82 Å². The molecule has 1 N–H and O–H groups in total. The van der Waals surface area contributed by atoms with Crippen molar-refractivity contribution in [1.82, 2.24) is 19.8 Å². The van der Waals surface area contributed by atoms with Gasteiger partial charge < -0.3 is 15.0 Å². The predicted octanol–water partition coefficient (Wildman–Crippen LogP) is 0.216. The largest absolute Gasteiger partial charge is 0.481 e. The Balaban J connectivity index is 1.81. The summed E-state index contributed by atoms with van der Waals surface area (Å²) in [5, 5.41) is 20.3. The number of carboxylic acid groups (broad SMARTS) is 1. The molecule has 0 atom stereocenters. The molecule has 8 heteroatoms. The van der Waals surface area contributed by atoms with Gasteiger partial charge in [0.2, 0.25) is 5.16 Å². The summed E-state index contributed by atoms with van der Waals surface area (Å²) < 4.78 is 2.07. The van der Waals surface area contributed by atoms with Gasteiger partial charge in [-0.05, 0) is 19.9 Å². The lowest BCUT2D eigenvalue weighted by molar-refractivity contribution is -0.133. The number of aromatic nitrogens is 3. The molecule has 7 nitrogen and oxygen atoms in total. The van der Waals surface area contributed by atoms with Gasteiger partial charge in [-0.15, -0.1) is 10.2 Å². The highest BCUT2D eigenvalue weighted by atomic mass is 32.2. The molecule has 1 saturated heterocycles. The Kier molecular flexibility index (Phi) is 3.84. The lowest BCUT2D eigenvalue weighted by atomic mass is 10.4. The molecule has 2 heterocycles. The number of aliphatic carboxylic acids is 1. The van der Waals surface area contributed by atoms with Crippen molar-refractivity contribution >= 4 is 17.7 Å². The van der Waals surface area contributed by atoms with Gasteiger partial charge in [-0.25, -0.2) is 4.68 Å². The van der Waals surface area contributed by atoms with Crippen LogP contribution in [0.25, 0.3) is 0 Å². The highest BCUT2D eigenvalue weighted by Gasteiger charge is 2.33. The first-order valence-electron chi connectivity index (χ1n) is 6.89. The number of thioether (sulfide) groups is 1. The Morgan fingerprint density at radius 2 is 2.00 bits per heavy atom. The fourth-order valence-electron chi connectivity index (χ4n) is 2.35. The highest BCUT2D eigenvalue weighted by molar-refractivity contribution is 7.99. The summed E-state index contributed by atoms with van der Waals surface area (Å²) in [6, 6.07) is 0. The van der Waals surface area contributed by atoms with Crippen molar-refractivity contribution in [1.29, 1.82) is 0 Å². The second-order valence-electron chi connectivity index (χ2n) is 5.37. The first-order valence-corrected chi connectivity index (χ1v) is 7.87. The van der Waals surface area contributed by atoms with Gasteiger partial charge in [0.15, 0.2) is 5.82 Å². The Labute approximate surface area is 121 Å².